The zero-order valence-electron chi connectivity index (χ0n) is 17.1. The van der Waals surface area contributed by atoms with Crippen LogP contribution >= 0.6 is 0 Å². The van der Waals surface area contributed by atoms with Gasteiger partial charge >= 0.3 is 11.9 Å². The SMILES string of the molecule is Cc1cc(C(c2ccc(O)cc2)c2cc(C)c([N+](=O)[O-])c(C(=O)O)c2)cc(C(=O)O)c1O. The van der Waals surface area contributed by atoms with Gasteiger partial charge in [-0.1, -0.05) is 18.2 Å². The van der Waals surface area contributed by atoms with Gasteiger partial charge in [-0.2, -0.15) is 0 Å². The van der Waals surface area contributed by atoms with E-state index >= 15 is 0 Å². The van der Waals surface area contributed by atoms with Crippen molar-refractivity contribution in [2.45, 2.75) is 19.8 Å². The predicted octanol–water partition coefficient (Wildman–Crippen LogP) is 4.20. The lowest BCUT2D eigenvalue weighted by Gasteiger charge is -2.21. The molecule has 0 amide bonds. The van der Waals surface area contributed by atoms with Gasteiger partial charge in [-0.3, -0.25) is 10.1 Å². The molecule has 0 saturated carbocycles. The van der Waals surface area contributed by atoms with E-state index in [1.807, 2.05) is 0 Å². The topological polar surface area (TPSA) is 158 Å². The molecule has 0 aromatic heterocycles. The van der Waals surface area contributed by atoms with E-state index in [9.17, 15) is 40.1 Å². The van der Waals surface area contributed by atoms with Crippen molar-refractivity contribution in [1.29, 1.82) is 0 Å². The van der Waals surface area contributed by atoms with Gasteiger partial charge in [-0.25, -0.2) is 9.59 Å². The van der Waals surface area contributed by atoms with E-state index in [0.29, 0.717) is 22.3 Å². The summed E-state index contributed by atoms with van der Waals surface area (Å²) in [7, 11) is 0. The van der Waals surface area contributed by atoms with E-state index in [4.69, 9.17) is 0 Å². The Kier molecular flexibility index (Phi) is 5.84. The van der Waals surface area contributed by atoms with E-state index in [-0.39, 0.29) is 16.9 Å². The minimum Gasteiger partial charge on any atom is -0.508 e. The fourth-order valence-electron chi connectivity index (χ4n) is 3.76. The van der Waals surface area contributed by atoms with Crippen molar-refractivity contribution in [1.82, 2.24) is 0 Å². The number of aryl methyl sites for hydroxylation is 2. The Bertz CT molecular complexity index is 1250. The molecule has 9 nitrogen and oxygen atoms in total. The number of hydrogen-bond acceptors (Lipinski definition) is 6. The number of benzene rings is 3. The molecule has 0 spiro atoms. The molecule has 0 bridgehead atoms. The van der Waals surface area contributed by atoms with Crippen LogP contribution in [0.4, 0.5) is 5.69 Å². The molecule has 0 fully saturated rings. The quantitative estimate of drug-likeness (QED) is 0.254. The summed E-state index contributed by atoms with van der Waals surface area (Å²) in [6, 6.07) is 11.5. The number of rotatable bonds is 6. The maximum Gasteiger partial charge on any atom is 0.342 e. The van der Waals surface area contributed by atoms with Gasteiger partial charge < -0.3 is 20.4 Å². The number of nitro benzene ring substituents is 1. The van der Waals surface area contributed by atoms with Crippen LogP contribution in [0.25, 0.3) is 0 Å². The summed E-state index contributed by atoms with van der Waals surface area (Å²) < 4.78 is 0. The summed E-state index contributed by atoms with van der Waals surface area (Å²) in [6.45, 7) is 2.95. The Labute approximate surface area is 182 Å². The van der Waals surface area contributed by atoms with E-state index < -0.39 is 39.8 Å². The molecule has 3 aromatic rings. The van der Waals surface area contributed by atoms with Gasteiger partial charge in [-0.05, 0) is 66.4 Å². The molecule has 1 atom stereocenters. The van der Waals surface area contributed by atoms with Gasteiger partial charge in [-0.15, -0.1) is 0 Å². The third-order valence-corrected chi connectivity index (χ3v) is 5.18. The van der Waals surface area contributed by atoms with Crippen LogP contribution < -0.4 is 0 Å². The highest BCUT2D eigenvalue weighted by atomic mass is 16.6. The van der Waals surface area contributed by atoms with Gasteiger partial charge in [0.2, 0.25) is 0 Å². The Morgan fingerprint density at radius 1 is 0.812 bits per heavy atom. The standard InChI is InChI=1S/C23H19NO8/c1-11-7-14(9-17(22(27)28)20(11)24(31)32)19(13-3-5-16(25)6-4-13)15-8-12(2)21(26)18(10-15)23(29)30/h3-10,19,25-26H,1-2H3,(H,27,28)(H,29,30). The van der Waals surface area contributed by atoms with Crippen LogP contribution in [-0.2, 0) is 0 Å². The molecule has 3 rings (SSSR count). The largest absolute Gasteiger partial charge is 0.508 e. The van der Waals surface area contributed by atoms with Crippen molar-refractivity contribution in [3.63, 3.8) is 0 Å². The first-order valence-electron chi connectivity index (χ1n) is 9.39. The maximum atomic E-state index is 11.8. The Hall–Kier alpha value is -4.40. The normalized spacial score (nSPS) is 11.7. The third kappa shape index (κ3) is 4.08. The average Bonchev–Trinajstić information content (AvgIpc) is 2.71. The number of aromatic hydroxyl groups is 2. The van der Waals surface area contributed by atoms with Gasteiger partial charge in [0.15, 0.2) is 0 Å². The highest BCUT2D eigenvalue weighted by Gasteiger charge is 2.28. The van der Waals surface area contributed by atoms with Crippen LogP contribution in [0.3, 0.4) is 0 Å². The number of hydrogen-bond donors (Lipinski definition) is 4. The molecular weight excluding hydrogens is 418 g/mol. The first-order chi connectivity index (χ1) is 15.0. The molecule has 0 heterocycles. The van der Waals surface area contributed by atoms with Crippen molar-refractivity contribution in [2.24, 2.45) is 0 Å². The summed E-state index contributed by atoms with van der Waals surface area (Å²) in [6.07, 6.45) is 0. The lowest BCUT2D eigenvalue weighted by Crippen LogP contribution is -2.11. The number of carbonyl (C=O) groups is 2. The fraction of sp³-hybridized carbons (Fsp3) is 0.130. The molecule has 0 radical (unpaired) electrons. The monoisotopic (exact) mass is 437 g/mol. The summed E-state index contributed by atoms with van der Waals surface area (Å²) in [5.41, 5.74) is 0.435. The van der Waals surface area contributed by atoms with Crippen LogP contribution in [-0.4, -0.2) is 37.3 Å². The molecule has 0 saturated heterocycles. The number of carboxylic acid groups (broad SMARTS) is 2. The number of nitrogens with zero attached hydrogens (tertiary/aromatic N) is 1. The lowest BCUT2D eigenvalue weighted by molar-refractivity contribution is -0.385. The fourth-order valence-corrected chi connectivity index (χ4v) is 3.76. The van der Waals surface area contributed by atoms with E-state index in [0.717, 1.165) is 0 Å². The number of aromatic carboxylic acids is 2. The lowest BCUT2D eigenvalue weighted by atomic mass is 9.82. The molecule has 9 heteroatoms. The second-order valence-electron chi connectivity index (χ2n) is 7.36. The van der Waals surface area contributed by atoms with Gasteiger partial charge in [0.05, 0.1) is 4.92 Å². The Balaban J connectivity index is 2.36. The van der Waals surface area contributed by atoms with Gasteiger partial charge in [0.25, 0.3) is 5.69 Å². The summed E-state index contributed by atoms with van der Waals surface area (Å²) in [5, 5.41) is 50.3. The molecule has 164 valence electrons. The molecule has 0 aliphatic heterocycles. The number of carboxylic acids is 2. The molecule has 0 aliphatic carbocycles. The average molecular weight is 437 g/mol. The van der Waals surface area contributed by atoms with Crippen LogP contribution in [0, 0.1) is 24.0 Å². The van der Waals surface area contributed by atoms with Gasteiger partial charge in [0, 0.05) is 11.5 Å². The zero-order valence-corrected chi connectivity index (χ0v) is 17.1. The van der Waals surface area contributed by atoms with E-state index in [1.165, 1.54) is 44.2 Å². The van der Waals surface area contributed by atoms with Gasteiger partial charge in [0.1, 0.15) is 22.6 Å². The van der Waals surface area contributed by atoms with Crippen LogP contribution in [0.5, 0.6) is 11.5 Å². The summed E-state index contributed by atoms with van der Waals surface area (Å²) in [4.78, 5) is 34.1. The van der Waals surface area contributed by atoms with E-state index in [2.05, 4.69) is 0 Å². The minimum atomic E-state index is -1.47. The zero-order chi connectivity index (χ0) is 23.7. The molecule has 1 unspecified atom stereocenters. The van der Waals surface area contributed by atoms with Crippen molar-refractivity contribution in [3.05, 3.63) is 97.6 Å². The second-order valence-corrected chi connectivity index (χ2v) is 7.36. The predicted molar refractivity (Wildman–Crippen MR) is 114 cm³/mol. The second kappa shape index (κ2) is 8.38. The van der Waals surface area contributed by atoms with Crippen LogP contribution in [0.15, 0.2) is 48.5 Å². The van der Waals surface area contributed by atoms with Crippen LogP contribution in [0.1, 0.15) is 54.5 Å². The first-order valence-corrected chi connectivity index (χ1v) is 9.39. The molecule has 32 heavy (non-hydrogen) atoms. The maximum absolute atomic E-state index is 11.8. The molecule has 0 aliphatic rings. The highest BCUT2D eigenvalue weighted by molar-refractivity contribution is 5.94. The number of nitro groups is 1. The van der Waals surface area contributed by atoms with Crippen LogP contribution in [0.2, 0.25) is 0 Å². The smallest absolute Gasteiger partial charge is 0.342 e. The van der Waals surface area contributed by atoms with Crippen molar-refractivity contribution >= 4 is 17.6 Å². The molecular formula is C23H19NO8. The summed E-state index contributed by atoms with van der Waals surface area (Å²) >= 11 is 0. The Morgan fingerprint density at radius 2 is 1.31 bits per heavy atom. The Morgan fingerprint density at radius 3 is 1.81 bits per heavy atom. The van der Waals surface area contributed by atoms with Crippen molar-refractivity contribution < 1.29 is 34.9 Å². The number of phenols is 2. The number of phenolic OH excluding ortho intramolecular Hbond substituents is 1. The minimum absolute atomic E-state index is 0.00767. The summed E-state index contributed by atoms with van der Waals surface area (Å²) in [5.74, 6) is -3.95. The molecule has 3 aromatic carbocycles. The van der Waals surface area contributed by atoms with Crippen molar-refractivity contribution in [2.75, 3.05) is 0 Å². The van der Waals surface area contributed by atoms with E-state index in [1.54, 1.807) is 18.2 Å². The van der Waals surface area contributed by atoms with Crippen molar-refractivity contribution in [3.8, 4) is 11.5 Å². The highest BCUT2D eigenvalue weighted by Crippen LogP contribution is 2.39. The third-order valence-electron chi connectivity index (χ3n) is 5.18. The first kappa shape index (κ1) is 22.3. The molecule has 4 N–H and O–H groups in total.